The second-order valence-corrected chi connectivity index (χ2v) is 10.3. The van der Waals surface area contributed by atoms with Crippen molar-refractivity contribution >= 4 is 60.2 Å². The molecule has 0 radical (unpaired) electrons. The summed E-state index contributed by atoms with van der Waals surface area (Å²) in [6, 6.07) is 45.2. The normalized spacial score (nSPS) is 12.0. The van der Waals surface area contributed by atoms with Crippen LogP contribution in [0.3, 0.4) is 0 Å². The number of rotatable bonds is 2. The number of hydrogen-bond donors (Lipinski definition) is 0. The largest absolute Gasteiger partial charge is 0.309 e. The molecule has 5 aromatic carbocycles. The molecule has 0 amide bonds. The summed E-state index contributed by atoms with van der Waals surface area (Å²) in [4.78, 5) is 9.74. The SMILES string of the molecule is c1ccc(-c2cccc(-n3c4ccccc4c4cc5c(cc43)c3ccccc3n3c4ccccc4nc53)c2)nc1. The number of hydrogen-bond acceptors (Lipinski definition) is 2. The first-order valence-corrected chi connectivity index (χ1v) is 13.5. The van der Waals surface area contributed by atoms with Gasteiger partial charge in [0.15, 0.2) is 0 Å². The predicted octanol–water partition coefficient (Wildman–Crippen LogP) is 8.95. The molecule has 4 nitrogen and oxygen atoms in total. The minimum absolute atomic E-state index is 0.968. The summed E-state index contributed by atoms with van der Waals surface area (Å²) >= 11 is 0. The molecule has 4 aromatic heterocycles. The van der Waals surface area contributed by atoms with Crippen LogP contribution in [0.2, 0.25) is 0 Å². The molecule has 0 saturated heterocycles. The van der Waals surface area contributed by atoms with Gasteiger partial charge in [-0.05, 0) is 66.0 Å². The molecule has 9 aromatic rings. The van der Waals surface area contributed by atoms with Crippen LogP contribution in [0.5, 0.6) is 0 Å². The van der Waals surface area contributed by atoms with E-state index in [4.69, 9.17) is 4.98 Å². The third-order valence-corrected chi connectivity index (χ3v) is 8.11. The van der Waals surface area contributed by atoms with E-state index in [0.717, 1.165) is 44.5 Å². The maximum absolute atomic E-state index is 5.14. The van der Waals surface area contributed by atoms with Gasteiger partial charge in [0.05, 0.1) is 33.3 Å². The molecule has 0 aliphatic carbocycles. The van der Waals surface area contributed by atoms with Gasteiger partial charge in [0.2, 0.25) is 0 Å². The number of pyridine rings is 2. The van der Waals surface area contributed by atoms with Gasteiger partial charge in [-0.15, -0.1) is 0 Å². The Hall–Kier alpha value is -5.48. The van der Waals surface area contributed by atoms with Gasteiger partial charge >= 0.3 is 0 Å². The van der Waals surface area contributed by atoms with Crippen LogP contribution in [0.25, 0.3) is 77.1 Å². The molecule has 0 aliphatic rings. The number of aromatic nitrogens is 4. The highest BCUT2D eigenvalue weighted by Crippen LogP contribution is 2.39. The summed E-state index contributed by atoms with van der Waals surface area (Å²) in [6.07, 6.45) is 1.85. The fourth-order valence-electron chi connectivity index (χ4n) is 6.39. The minimum Gasteiger partial charge on any atom is -0.309 e. The molecule has 0 atom stereocenters. The maximum atomic E-state index is 5.14. The molecule has 0 fully saturated rings. The molecule has 4 heterocycles. The number of fused-ring (bicyclic) bond motifs is 11. The number of benzene rings is 5. The Morgan fingerprint density at radius 3 is 2.08 bits per heavy atom. The summed E-state index contributed by atoms with van der Waals surface area (Å²) in [5.74, 6) is 0. The topological polar surface area (TPSA) is 35.1 Å². The van der Waals surface area contributed by atoms with Crippen molar-refractivity contribution in [3.63, 3.8) is 0 Å². The zero-order valence-corrected chi connectivity index (χ0v) is 21.5. The summed E-state index contributed by atoms with van der Waals surface area (Å²) in [6.45, 7) is 0. The van der Waals surface area contributed by atoms with Crippen molar-refractivity contribution in [2.75, 3.05) is 0 Å². The van der Waals surface area contributed by atoms with Crippen molar-refractivity contribution in [2.45, 2.75) is 0 Å². The van der Waals surface area contributed by atoms with E-state index in [0.29, 0.717) is 0 Å². The highest BCUT2D eigenvalue weighted by Gasteiger charge is 2.18. The fourth-order valence-corrected chi connectivity index (χ4v) is 6.39. The highest BCUT2D eigenvalue weighted by atomic mass is 15.0. The van der Waals surface area contributed by atoms with Gasteiger partial charge in [0.25, 0.3) is 0 Å². The van der Waals surface area contributed by atoms with E-state index in [1.807, 2.05) is 18.3 Å². The van der Waals surface area contributed by atoms with Crippen molar-refractivity contribution in [2.24, 2.45) is 0 Å². The van der Waals surface area contributed by atoms with Gasteiger partial charge in [-0.25, -0.2) is 4.98 Å². The van der Waals surface area contributed by atoms with Crippen molar-refractivity contribution in [1.29, 1.82) is 0 Å². The van der Waals surface area contributed by atoms with Crippen LogP contribution in [0.1, 0.15) is 0 Å². The molecule has 4 heteroatoms. The monoisotopic (exact) mass is 510 g/mol. The van der Waals surface area contributed by atoms with Gasteiger partial charge in [0, 0.05) is 39.0 Å². The average Bonchev–Trinajstić information content (AvgIpc) is 3.57. The molecule has 0 N–H and O–H groups in total. The Morgan fingerprint density at radius 2 is 1.23 bits per heavy atom. The Kier molecular flexibility index (Phi) is 4.30. The van der Waals surface area contributed by atoms with E-state index in [9.17, 15) is 0 Å². The molecule has 0 unspecified atom stereocenters. The second kappa shape index (κ2) is 8.01. The van der Waals surface area contributed by atoms with E-state index in [-0.39, 0.29) is 0 Å². The van der Waals surface area contributed by atoms with E-state index < -0.39 is 0 Å². The third-order valence-electron chi connectivity index (χ3n) is 8.11. The molecule has 9 rings (SSSR count). The maximum Gasteiger partial charge on any atom is 0.146 e. The lowest BCUT2D eigenvalue weighted by molar-refractivity contribution is 1.18. The molecular weight excluding hydrogens is 488 g/mol. The van der Waals surface area contributed by atoms with E-state index in [1.165, 1.54) is 32.6 Å². The summed E-state index contributed by atoms with van der Waals surface area (Å²) in [7, 11) is 0. The molecule has 0 saturated carbocycles. The first-order valence-electron chi connectivity index (χ1n) is 13.5. The summed E-state index contributed by atoms with van der Waals surface area (Å²) in [5.41, 5.74) is 9.83. The van der Waals surface area contributed by atoms with Crippen LogP contribution in [-0.4, -0.2) is 18.9 Å². The van der Waals surface area contributed by atoms with Crippen molar-refractivity contribution in [3.05, 3.63) is 134 Å². The number of imidazole rings is 1. The van der Waals surface area contributed by atoms with Crippen molar-refractivity contribution in [1.82, 2.24) is 18.9 Å². The lowest BCUT2D eigenvalue weighted by Gasteiger charge is -2.12. The predicted molar refractivity (Wildman–Crippen MR) is 165 cm³/mol. The fraction of sp³-hybridized carbons (Fsp3) is 0. The quantitative estimate of drug-likeness (QED) is 0.218. The van der Waals surface area contributed by atoms with Crippen molar-refractivity contribution < 1.29 is 0 Å². The molecule has 186 valence electrons. The van der Waals surface area contributed by atoms with Gasteiger partial charge in [-0.1, -0.05) is 66.7 Å². The minimum atomic E-state index is 0.968. The number of nitrogens with zero attached hydrogens (tertiary/aromatic N) is 4. The van der Waals surface area contributed by atoms with Crippen LogP contribution in [0.15, 0.2) is 134 Å². The Morgan fingerprint density at radius 1 is 0.475 bits per heavy atom. The van der Waals surface area contributed by atoms with Gasteiger partial charge in [0.1, 0.15) is 5.65 Å². The van der Waals surface area contributed by atoms with Crippen LogP contribution in [0.4, 0.5) is 0 Å². The van der Waals surface area contributed by atoms with Crippen LogP contribution in [-0.2, 0) is 0 Å². The zero-order valence-electron chi connectivity index (χ0n) is 21.5. The van der Waals surface area contributed by atoms with Crippen LogP contribution in [0, 0.1) is 0 Å². The Balaban J connectivity index is 1.45. The van der Waals surface area contributed by atoms with E-state index >= 15 is 0 Å². The molecule has 0 spiro atoms. The first-order chi connectivity index (χ1) is 19.8. The van der Waals surface area contributed by atoms with Gasteiger partial charge < -0.3 is 4.57 Å². The highest BCUT2D eigenvalue weighted by molar-refractivity contribution is 6.21. The van der Waals surface area contributed by atoms with Gasteiger partial charge in [-0.2, -0.15) is 0 Å². The third kappa shape index (κ3) is 2.90. The Labute approximate surface area is 229 Å². The van der Waals surface area contributed by atoms with Gasteiger partial charge in [-0.3, -0.25) is 9.38 Å². The zero-order chi connectivity index (χ0) is 26.2. The first kappa shape index (κ1) is 21.5. The molecule has 0 bridgehead atoms. The van der Waals surface area contributed by atoms with Crippen LogP contribution >= 0.6 is 0 Å². The molecular formula is C36H22N4. The van der Waals surface area contributed by atoms with E-state index in [1.54, 1.807) is 0 Å². The average molecular weight is 511 g/mol. The lowest BCUT2D eigenvalue weighted by Crippen LogP contribution is -1.95. The van der Waals surface area contributed by atoms with E-state index in [2.05, 4.69) is 129 Å². The van der Waals surface area contributed by atoms with Crippen LogP contribution < -0.4 is 0 Å². The Bertz CT molecular complexity index is 2430. The lowest BCUT2D eigenvalue weighted by atomic mass is 10.0. The number of para-hydroxylation sites is 4. The van der Waals surface area contributed by atoms with Crippen molar-refractivity contribution in [3.8, 4) is 16.9 Å². The smallest absolute Gasteiger partial charge is 0.146 e. The molecule has 0 aliphatic heterocycles. The summed E-state index contributed by atoms with van der Waals surface area (Å²) in [5, 5.41) is 6.03. The standard InChI is InChI=1S/C36H22N4/c1-5-17-33-25(12-1)27-22-35-28(21-29(27)36-38-31-15-3-6-18-34(31)40(33)36)26-13-2-4-16-32(26)39(35)24-11-9-10-23(20-24)30-14-7-8-19-37-30/h1-22H. The second-order valence-electron chi connectivity index (χ2n) is 10.3. The summed E-state index contributed by atoms with van der Waals surface area (Å²) < 4.78 is 4.70. The molecule has 40 heavy (non-hydrogen) atoms.